The van der Waals surface area contributed by atoms with Crippen LogP contribution >= 0.6 is 0 Å². The third kappa shape index (κ3) is 3.09. The van der Waals surface area contributed by atoms with Crippen molar-refractivity contribution in [3.63, 3.8) is 0 Å². The summed E-state index contributed by atoms with van der Waals surface area (Å²) in [6.07, 6.45) is 6.08. The number of hydrogen-bond donors (Lipinski definition) is 1. The number of amides is 1. The second-order valence-electron chi connectivity index (χ2n) is 5.13. The van der Waals surface area contributed by atoms with Gasteiger partial charge in [-0.05, 0) is 38.3 Å². The van der Waals surface area contributed by atoms with Crippen LogP contribution in [-0.4, -0.2) is 11.9 Å². The molecule has 2 rings (SSSR count). The van der Waals surface area contributed by atoms with Crippen LogP contribution in [0.3, 0.4) is 0 Å². The normalized spacial score (nSPS) is 16.8. The van der Waals surface area contributed by atoms with E-state index >= 15 is 0 Å². The van der Waals surface area contributed by atoms with Crippen LogP contribution in [0.25, 0.3) is 0 Å². The Morgan fingerprint density at radius 1 is 1.18 bits per heavy atom. The maximum absolute atomic E-state index is 12.2. The first-order valence-corrected chi connectivity index (χ1v) is 6.55. The molecule has 1 aromatic rings. The van der Waals surface area contributed by atoms with E-state index in [1.165, 1.54) is 19.3 Å². The van der Waals surface area contributed by atoms with E-state index in [1.54, 1.807) is 0 Å². The fourth-order valence-corrected chi connectivity index (χ4v) is 2.49. The van der Waals surface area contributed by atoms with Gasteiger partial charge in [0.2, 0.25) is 0 Å². The van der Waals surface area contributed by atoms with Gasteiger partial charge < -0.3 is 5.32 Å². The summed E-state index contributed by atoms with van der Waals surface area (Å²) < 4.78 is 0. The van der Waals surface area contributed by atoms with Crippen molar-refractivity contribution in [3.05, 3.63) is 34.9 Å². The zero-order chi connectivity index (χ0) is 12.3. The molecule has 0 bridgehead atoms. The largest absolute Gasteiger partial charge is 0.349 e. The number of benzene rings is 1. The van der Waals surface area contributed by atoms with Gasteiger partial charge in [0, 0.05) is 11.6 Å². The topological polar surface area (TPSA) is 29.1 Å². The molecule has 1 fully saturated rings. The van der Waals surface area contributed by atoms with Crippen molar-refractivity contribution in [2.24, 2.45) is 0 Å². The molecule has 92 valence electrons. The maximum Gasteiger partial charge on any atom is 0.251 e. The van der Waals surface area contributed by atoms with E-state index in [9.17, 15) is 4.79 Å². The van der Waals surface area contributed by atoms with E-state index in [0.717, 1.165) is 29.5 Å². The molecule has 0 heterocycles. The van der Waals surface area contributed by atoms with Crippen LogP contribution < -0.4 is 5.32 Å². The fourth-order valence-electron chi connectivity index (χ4n) is 2.49. The Hall–Kier alpha value is -1.31. The average Bonchev–Trinajstić information content (AvgIpc) is 2.33. The Morgan fingerprint density at radius 2 is 1.88 bits per heavy atom. The number of carbonyl (C=O) groups is 1. The van der Waals surface area contributed by atoms with Crippen LogP contribution in [0.1, 0.15) is 53.6 Å². The molecule has 0 spiro atoms. The standard InChI is InChI=1S/C15H21NO/c1-11-8-9-12(2)14(10-11)15(17)16-13-6-4-3-5-7-13/h8-10,13H,3-7H2,1-2H3,(H,16,17). The Morgan fingerprint density at radius 3 is 2.59 bits per heavy atom. The van der Waals surface area contributed by atoms with E-state index < -0.39 is 0 Å². The van der Waals surface area contributed by atoms with Gasteiger partial charge in [-0.25, -0.2) is 0 Å². The number of hydrogen-bond acceptors (Lipinski definition) is 1. The highest BCUT2D eigenvalue weighted by Gasteiger charge is 2.17. The highest BCUT2D eigenvalue weighted by atomic mass is 16.1. The average molecular weight is 231 g/mol. The Labute approximate surface area is 103 Å². The molecule has 1 N–H and O–H groups in total. The second kappa shape index (κ2) is 5.35. The lowest BCUT2D eigenvalue weighted by Crippen LogP contribution is -2.36. The first-order valence-electron chi connectivity index (χ1n) is 6.55. The third-order valence-electron chi connectivity index (χ3n) is 3.58. The number of nitrogens with one attached hydrogen (secondary N) is 1. The molecular weight excluding hydrogens is 210 g/mol. The molecule has 1 aromatic carbocycles. The van der Waals surface area contributed by atoms with Crippen LogP contribution in [0.4, 0.5) is 0 Å². The van der Waals surface area contributed by atoms with Crippen molar-refractivity contribution in [2.75, 3.05) is 0 Å². The van der Waals surface area contributed by atoms with Gasteiger partial charge in [-0.2, -0.15) is 0 Å². The van der Waals surface area contributed by atoms with E-state index in [1.807, 2.05) is 32.0 Å². The van der Waals surface area contributed by atoms with Crippen molar-refractivity contribution < 1.29 is 4.79 Å². The summed E-state index contributed by atoms with van der Waals surface area (Å²) in [4.78, 5) is 12.2. The van der Waals surface area contributed by atoms with Crippen molar-refractivity contribution in [1.29, 1.82) is 0 Å². The van der Waals surface area contributed by atoms with E-state index in [-0.39, 0.29) is 5.91 Å². The van der Waals surface area contributed by atoms with Crippen molar-refractivity contribution in [2.45, 2.75) is 52.0 Å². The lowest BCUT2D eigenvalue weighted by molar-refractivity contribution is 0.0927. The highest BCUT2D eigenvalue weighted by Crippen LogP contribution is 2.18. The summed E-state index contributed by atoms with van der Waals surface area (Å²) in [7, 11) is 0. The first-order chi connectivity index (χ1) is 8.16. The predicted molar refractivity (Wildman–Crippen MR) is 70.3 cm³/mol. The molecule has 2 heteroatoms. The lowest BCUT2D eigenvalue weighted by Gasteiger charge is -2.23. The van der Waals surface area contributed by atoms with Gasteiger partial charge in [0.1, 0.15) is 0 Å². The molecule has 1 aliphatic carbocycles. The van der Waals surface area contributed by atoms with Crippen LogP contribution in [0.2, 0.25) is 0 Å². The molecule has 0 radical (unpaired) electrons. The zero-order valence-electron chi connectivity index (χ0n) is 10.8. The molecule has 1 amide bonds. The van der Waals surface area contributed by atoms with Gasteiger partial charge >= 0.3 is 0 Å². The Kier molecular flexibility index (Phi) is 3.82. The monoisotopic (exact) mass is 231 g/mol. The van der Waals surface area contributed by atoms with E-state index in [0.29, 0.717) is 6.04 Å². The predicted octanol–water partition coefficient (Wildman–Crippen LogP) is 3.37. The summed E-state index contributed by atoms with van der Waals surface area (Å²) in [6.45, 7) is 4.02. The zero-order valence-corrected chi connectivity index (χ0v) is 10.8. The SMILES string of the molecule is Cc1ccc(C)c(C(=O)NC2CCCCC2)c1. The molecule has 0 aliphatic heterocycles. The Balaban J connectivity index is 2.05. The van der Waals surface area contributed by atoms with E-state index in [4.69, 9.17) is 0 Å². The molecule has 1 saturated carbocycles. The number of aryl methyl sites for hydroxylation is 2. The third-order valence-corrected chi connectivity index (χ3v) is 3.58. The smallest absolute Gasteiger partial charge is 0.251 e. The minimum atomic E-state index is 0.0955. The van der Waals surface area contributed by atoms with Crippen LogP contribution in [-0.2, 0) is 0 Å². The van der Waals surface area contributed by atoms with Gasteiger partial charge in [0.05, 0.1) is 0 Å². The van der Waals surface area contributed by atoms with Crippen LogP contribution in [0.15, 0.2) is 18.2 Å². The Bertz CT molecular complexity index is 405. The van der Waals surface area contributed by atoms with Crippen molar-refractivity contribution >= 4 is 5.91 Å². The quantitative estimate of drug-likeness (QED) is 0.830. The molecule has 2 nitrogen and oxygen atoms in total. The molecule has 1 aliphatic rings. The fraction of sp³-hybridized carbons (Fsp3) is 0.533. The molecule has 0 atom stereocenters. The van der Waals surface area contributed by atoms with Crippen molar-refractivity contribution in [1.82, 2.24) is 5.32 Å². The molecule has 0 aromatic heterocycles. The lowest BCUT2D eigenvalue weighted by atomic mass is 9.95. The summed E-state index contributed by atoms with van der Waals surface area (Å²) >= 11 is 0. The van der Waals surface area contributed by atoms with Crippen LogP contribution in [0, 0.1) is 13.8 Å². The summed E-state index contributed by atoms with van der Waals surface area (Å²) in [6, 6.07) is 6.43. The highest BCUT2D eigenvalue weighted by molar-refractivity contribution is 5.96. The molecular formula is C15H21NO. The van der Waals surface area contributed by atoms with Crippen molar-refractivity contribution in [3.8, 4) is 0 Å². The summed E-state index contributed by atoms with van der Waals surface area (Å²) in [5, 5.41) is 3.16. The second-order valence-corrected chi connectivity index (χ2v) is 5.13. The summed E-state index contributed by atoms with van der Waals surface area (Å²) in [5.41, 5.74) is 3.03. The van der Waals surface area contributed by atoms with Gasteiger partial charge in [-0.1, -0.05) is 37.0 Å². The van der Waals surface area contributed by atoms with Gasteiger partial charge in [0.25, 0.3) is 5.91 Å². The van der Waals surface area contributed by atoms with Gasteiger partial charge in [-0.3, -0.25) is 4.79 Å². The molecule has 17 heavy (non-hydrogen) atoms. The maximum atomic E-state index is 12.2. The molecule has 0 unspecified atom stereocenters. The van der Waals surface area contributed by atoms with Crippen LogP contribution in [0.5, 0.6) is 0 Å². The van der Waals surface area contributed by atoms with Gasteiger partial charge in [-0.15, -0.1) is 0 Å². The van der Waals surface area contributed by atoms with E-state index in [2.05, 4.69) is 5.32 Å². The minimum Gasteiger partial charge on any atom is -0.349 e. The van der Waals surface area contributed by atoms with Gasteiger partial charge in [0.15, 0.2) is 0 Å². The summed E-state index contributed by atoms with van der Waals surface area (Å²) in [5.74, 6) is 0.0955. The first kappa shape index (κ1) is 12.2. The number of carbonyl (C=O) groups excluding carboxylic acids is 1. The minimum absolute atomic E-state index is 0.0955. The molecule has 0 saturated heterocycles. The number of rotatable bonds is 2.